The minimum absolute atomic E-state index is 0.126. The predicted molar refractivity (Wildman–Crippen MR) is 119 cm³/mol. The summed E-state index contributed by atoms with van der Waals surface area (Å²) in [5, 5.41) is 11.1. The number of aromatic hydroxyl groups is 1. The third kappa shape index (κ3) is 3.55. The van der Waals surface area contributed by atoms with Gasteiger partial charge in [0.05, 0.1) is 16.5 Å². The summed E-state index contributed by atoms with van der Waals surface area (Å²) in [5.74, 6) is 1.47. The number of hydrogen-bond donors (Lipinski definition) is 1. The lowest BCUT2D eigenvalue weighted by Gasteiger charge is -2.39. The van der Waals surface area contributed by atoms with Crippen LogP contribution in [-0.2, 0) is 6.54 Å². The van der Waals surface area contributed by atoms with E-state index in [1.165, 1.54) is 12.7 Å². The molecule has 3 aromatic rings. The van der Waals surface area contributed by atoms with E-state index in [4.69, 9.17) is 13.9 Å². The molecular weight excluding hydrogens is 394 g/mol. The quantitative estimate of drug-likeness (QED) is 0.661. The Kier molecular flexibility index (Phi) is 5.10. The zero-order chi connectivity index (χ0) is 21.5. The maximum atomic E-state index is 13.4. The second-order valence-corrected chi connectivity index (χ2v) is 8.58. The molecular formula is C25H27NO5. The molecule has 0 bridgehead atoms. The van der Waals surface area contributed by atoms with Crippen LogP contribution in [-0.4, -0.2) is 35.3 Å². The molecule has 0 radical (unpaired) electrons. The molecule has 2 aliphatic rings. The number of benzene rings is 2. The van der Waals surface area contributed by atoms with Crippen molar-refractivity contribution < 1.29 is 19.0 Å². The third-order valence-corrected chi connectivity index (χ3v) is 6.59. The standard InChI is InChI=1S/C25H27NO5/c1-15-4-3-5-16(2)26(15)13-19-21(27)8-7-18-24(28)20(14-31-25(18)19)17-6-9-22-23(12-17)30-11-10-29-22/h6-9,12,14-16,27H,3-5,10-11,13H2,1-2H3/t15-,16+. The van der Waals surface area contributed by atoms with E-state index >= 15 is 0 Å². The van der Waals surface area contributed by atoms with E-state index in [0.717, 1.165) is 12.8 Å². The van der Waals surface area contributed by atoms with E-state index in [1.807, 2.05) is 18.2 Å². The second-order valence-electron chi connectivity index (χ2n) is 8.58. The van der Waals surface area contributed by atoms with Gasteiger partial charge in [0.1, 0.15) is 30.8 Å². The van der Waals surface area contributed by atoms with Crippen molar-refractivity contribution in [2.24, 2.45) is 0 Å². The lowest BCUT2D eigenvalue weighted by molar-refractivity contribution is 0.0945. The monoisotopic (exact) mass is 421 g/mol. The molecule has 0 spiro atoms. The van der Waals surface area contributed by atoms with E-state index in [-0.39, 0.29) is 11.2 Å². The van der Waals surface area contributed by atoms with Gasteiger partial charge in [0.2, 0.25) is 5.43 Å². The SMILES string of the molecule is C[C@@H]1CCC[C@H](C)N1Cc1c(O)ccc2c(=O)c(-c3ccc4c(c3)OCCO4)coc12. The molecule has 1 aromatic heterocycles. The van der Waals surface area contributed by atoms with Crippen LogP contribution in [0.5, 0.6) is 17.2 Å². The molecule has 1 N–H and O–H groups in total. The van der Waals surface area contributed by atoms with Crippen LogP contribution in [0.1, 0.15) is 38.7 Å². The summed E-state index contributed by atoms with van der Waals surface area (Å²) >= 11 is 0. The molecule has 0 amide bonds. The summed E-state index contributed by atoms with van der Waals surface area (Å²) in [5.41, 5.74) is 2.17. The molecule has 0 unspecified atom stereocenters. The highest BCUT2D eigenvalue weighted by Gasteiger charge is 2.27. The van der Waals surface area contributed by atoms with Gasteiger partial charge in [-0.3, -0.25) is 9.69 Å². The molecule has 6 heteroatoms. The van der Waals surface area contributed by atoms with Gasteiger partial charge in [-0.05, 0) is 56.5 Å². The lowest BCUT2D eigenvalue weighted by Crippen LogP contribution is -2.43. The molecule has 2 aromatic carbocycles. The largest absolute Gasteiger partial charge is 0.507 e. The van der Waals surface area contributed by atoms with Crippen molar-refractivity contribution in [1.29, 1.82) is 0 Å². The van der Waals surface area contributed by atoms with Crippen molar-refractivity contribution in [1.82, 2.24) is 4.90 Å². The summed E-state index contributed by atoms with van der Waals surface area (Å²) in [4.78, 5) is 15.7. The van der Waals surface area contributed by atoms with Crippen LogP contribution in [0.3, 0.4) is 0 Å². The van der Waals surface area contributed by atoms with Gasteiger partial charge in [-0.1, -0.05) is 12.5 Å². The van der Waals surface area contributed by atoms with Gasteiger partial charge in [-0.25, -0.2) is 0 Å². The molecule has 3 heterocycles. The number of hydrogen-bond acceptors (Lipinski definition) is 6. The van der Waals surface area contributed by atoms with Crippen LogP contribution in [0.15, 0.2) is 45.8 Å². The van der Waals surface area contributed by atoms with Gasteiger partial charge in [-0.15, -0.1) is 0 Å². The number of phenolic OH excluding ortho intramolecular Hbond substituents is 1. The first kappa shape index (κ1) is 19.9. The van der Waals surface area contributed by atoms with Gasteiger partial charge in [-0.2, -0.15) is 0 Å². The van der Waals surface area contributed by atoms with E-state index in [9.17, 15) is 9.90 Å². The van der Waals surface area contributed by atoms with Crippen molar-refractivity contribution >= 4 is 11.0 Å². The lowest BCUT2D eigenvalue weighted by atomic mass is 9.96. The van der Waals surface area contributed by atoms with Crippen LogP contribution in [0.25, 0.3) is 22.1 Å². The fourth-order valence-corrected chi connectivity index (χ4v) is 4.78. The molecule has 2 aliphatic heterocycles. The highest BCUT2D eigenvalue weighted by Crippen LogP contribution is 2.36. The minimum Gasteiger partial charge on any atom is -0.507 e. The molecule has 6 nitrogen and oxygen atoms in total. The fourth-order valence-electron chi connectivity index (χ4n) is 4.78. The van der Waals surface area contributed by atoms with Crippen LogP contribution in [0, 0.1) is 0 Å². The molecule has 1 saturated heterocycles. The van der Waals surface area contributed by atoms with Gasteiger partial charge >= 0.3 is 0 Å². The first-order valence-corrected chi connectivity index (χ1v) is 10.9. The van der Waals surface area contributed by atoms with Crippen LogP contribution in [0.4, 0.5) is 0 Å². The fraction of sp³-hybridized carbons (Fsp3) is 0.400. The number of piperidine rings is 1. The maximum absolute atomic E-state index is 13.4. The van der Waals surface area contributed by atoms with Gasteiger partial charge in [0.25, 0.3) is 0 Å². The number of rotatable bonds is 3. The number of likely N-dealkylation sites (tertiary alicyclic amines) is 1. The van der Waals surface area contributed by atoms with E-state index in [1.54, 1.807) is 12.1 Å². The number of ether oxygens (including phenoxy) is 2. The van der Waals surface area contributed by atoms with E-state index in [0.29, 0.717) is 71.0 Å². The summed E-state index contributed by atoms with van der Waals surface area (Å²) in [7, 11) is 0. The number of nitrogens with zero attached hydrogens (tertiary/aromatic N) is 1. The maximum Gasteiger partial charge on any atom is 0.200 e. The Morgan fingerprint density at radius 1 is 1.03 bits per heavy atom. The highest BCUT2D eigenvalue weighted by atomic mass is 16.6. The van der Waals surface area contributed by atoms with Crippen molar-refractivity contribution in [3.05, 3.63) is 52.4 Å². The van der Waals surface area contributed by atoms with Gasteiger partial charge in [0, 0.05) is 18.6 Å². The Hall–Kier alpha value is -2.99. The average molecular weight is 421 g/mol. The smallest absolute Gasteiger partial charge is 0.200 e. The first-order valence-electron chi connectivity index (χ1n) is 10.9. The summed E-state index contributed by atoms with van der Waals surface area (Å²) in [6, 6.07) is 9.54. The van der Waals surface area contributed by atoms with E-state index < -0.39 is 0 Å². The second kappa shape index (κ2) is 7.93. The van der Waals surface area contributed by atoms with Crippen molar-refractivity contribution in [2.45, 2.75) is 51.7 Å². The Bertz CT molecular complexity index is 1170. The molecule has 0 saturated carbocycles. The average Bonchev–Trinajstić information content (AvgIpc) is 2.77. The number of fused-ring (bicyclic) bond motifs is 2. The highest BCUT2D eigenvalue weighted by molar-refractivity contribution is 5.86. The Balaban J connectivity index is 1.57. The topological polar surface area (TPSA) is 72.1 Å². The Morgan fingerprint density at radius 3 is 2.55 bits per heavy atom. The summed E-state index contributed by atoms with van der Waals surface area (Å²) in [6.45, 7) is 5.99. The van der Waals surface area contributed by atoms with Crippen molar-refractivity contribution in [3.8, 4) is 28.4 Å². The molecule has 5 rings (SSSR count). The molecule has 162 valence electrons. The van der Waals surface area contributed by atoms with Crippen molar-refractivity contribution in [2.75, 3.05) is 13.2 Å². The molecule has 2 atom stereocenters. The Labute approximate surface area is 181 Å². The predicted octanol–water partition coefficient (Wildman–Crippen LogP) is 4.70. The zero-order valence-corrected chi connectivity index (χ0v) is 17.9. The molecule has 0 aliphatic carbocycles. The zero-order valence-electron chi connectivity index (χ0n) is 17.9. The Morgan fingerprint density at radius 2 is 1.77 bits per heavy atom. The van der Waals surface area contributed by atoms with Crippen LogP contribution in [0.2, 0.25) is 0 Å². The normalized spacial score (nSPS) is 21.4. The van der Waals surface area contributed by atoms with Gasteiger partial charge < -0.3 is 19.0 Å². The van der Waals surface area contributed by atoms with Crippen LogP contribution < -0.4 is 14.9 Å². The molecule has 1 fully saturated rings. The summed E-state index contributed by atoms with van der Waals surface area (Å²) < 4.78 is 17.2. The third-order valence-electron chi connectivity index (χ3n) is 6.59. The van der Waals surface area contributed by atoms with Crippen LogP contribution >= 0.6 is 0 Å². The van der Waals surface area contributed by atoms with E-state index in [2.05, 4.69) is 18.7 Å². The molecule has 31 heavy (non-hydrogen) atoms. The summed E-state index contributed by atoms with van der Waals surface area (Å²) in [6.07, 6.45) is 4.97. The first-order chi connectivity index (χ1) is 15.0. The number of phenols is 1. The minimum atomic E-state index is -0.126. The van der Waals surface area contributed by atoms with Gasteiger partial charge in [0.15, 0.2) is 11.5 Å². The van der Waals surface area contributed by atoms with Crippen molar-refractivity contribution in [3.63, 3.8) is 0 Å².